The number of phenolic OH excluding ortho intramolecular Hbond substituents is 1. The second-order valence-electron chi connectivity index (χ2n) is 5.27. The summed E-state index contributed by atoms with van der Waals surface area (Å²) >= 11 is 0. The third kappa shape index (κ3) is 2.69. The predicted molar refractivity (Wildman–Crippen MR) is 94.2 cm³/mol. The van der Waals surface area contributed by atoms with Gasteiger partial charge in [-0.1, -0.05) is 12.1 Å². The Morgan fingerprint density at radius 3 is 3.00 bits per heavy atom. The van der Waals surface area contributed by atoms with E-state index in [-0.39, 0.29) is 5.75 Å². The third-order valence-corrected chi connectivity index (χ3v) is 3.72. The van der Waals surface area contributed by atoms with E-state index in [1.54, 1.807) is 30.7 Å². The molecule has 0 atom stereocenters. The number of hydrazone groups is 1. The monoisotopic (exact) mass is 334 g/mol. The minimum absolute atomic E-state index is 0.0778. The molecule has 0 saturated carbocycles. The number of benzene rings is 2. The van der Waals surface area contributed by atoms with Gasteiger partial charge < -0.3 is 9.84 Å². The lowest BCUT2D eigenvalue weighted by Crippen LogP contribution is -1.99. The third-order valence-electron chi connectivity index (χ3n) is 3.72. The molecule has 2 aromatic carbocycles. The first-order valence-electron chi connectivity index (χ1n) is 7.51. The van der Waals surface area contributed by atoms with Crippen molar-refractivity contribution < 1.29 is 9.84 Å². The van der Waals surface area contributed by atoms with E-state index in [4.69, 9.17) is 4.74 Å². The molecule has 4 rings (SSSR count). The van der Waals surface area contributed by atoms with Crippen molar-refractivity contribution in [2.45, 2.75) is 0 Å². The first-order valence-corrected chi connectivity index (χ1v) is 7.51. The normalized spacial score (nSPS) is 11.4. The quantitative estimate of drug-likeness (QED) is 0.439. The van der Waals surface area contributed by atoms with Crippen molar-refractivity contribution >= 4 is 28.7 Å². The zero-order valence-corrected chi connectivity index (χ0v) is 13.3. The molecule has 0 bridgehead atoms. The molecule has 0 amide bonds. The fraction of sp³-hybridized carbons (Fsp3) is 0.0588. The molecule has 8 heteroatoms. The van der Waals surface area contributed by atoms with Crippen molar-refractivity contribution in [1.82, 2.24) is 19.6 Å². The number of methoxy groups -OCH3 is 1. The van der Waals surface area contributed by atoms with Crippen LogP contribution in [0.1, 0.15) is 5.56 Å². The summed E-state index contributed by atoms with van der Waals surface area (Å²) in [6.45, 7) is 0. The van der Waals surface area contributed by atoms with Gasteiger partial charge in [-0.25, -0.2) is 4.98 Å². The van der Waals surface area contributed by atoms with Crippen molar-refractivity contribution in [3.63, 3.8) is 0 Å². The van der Waals surface area contributed by atoms with E-state index in [0.717, 1.165) is 16.6 Å². The largest absolute Gasteiger partial charge is 0.504 e. The summed E-state index contributed by atoms with van der Waals surface area (Å²) in [5.74, 6) is 0.958. The lowest BCUT2D eigenvalue weighted by Gasteiger charge is -2.06. The fourth-order valence-electron chi connectivity index (χ4n) is 2.52. The van der Waals surface area contributed by atoms with Gasteiger partial charge in [0.1, 0.15) is 6.33 Å². The molecule has 8 nitrogen and oxygen atoms in total. The Hall–Kier alpha value is -3.68. The van der Waals surface area contributed by atoms with Crippen LogP contribution >= 0.6 is 0 Å². The zero-order chi connectivity index (χ0) is 17.2. The molecule has 124 valence electrons. The number of aromatic nitrogens is 4. The average Bonchev–Trinajstić information content (AvgIpc) is 3.13. The summed E-state index contributed by atoms with van der Waals surface area (Å²) in [6.07, 6.45) is 3.24. The molecule has 2 aromatic heterocycles. The molecule has 0 fully saturated rings. The Labute approximate surface area is 142 Å². The molecule has 0 aliphatic heterocycles. The van der Waals surface area contributed by atoms with E-state index < -0.39 is 0 Å². The van der Waals surface area contributed by atoms with Crippen LogP contribution in [0.4, 0.5) is 5.82 Å². The van der Waals surface area contributed by atoms with Gasteiger partial charge >= 0.3 is 0 Å². The number of nitrogens with zero attached hydrogens (tertiary/aromatic N) is 5. The van der Waals surface area contributed by atoms with Crippen LogP contribution in [0.25, 0.3) is 16.7 Å². The van der Waals surface area contributed by atoms with E-state index >= 15 is 0 Å². The van der Waals surface area contributed by atoms with Crippen molar-refractivity contribution in [2.24, 2.45) is 5.10 Å². The van der Waals surface area contributed by atoms with Gasteiger partial charge in [0.15, 0.2) is 17.3 Å². The SMILES string of the molecule is COc1cc(/C=N/Nc2nc3ccccc3n3cnnc23)ccc1O. The maximum Gasteiger partial charge on any atom is 0.205 e. The van der Waals surface area contributed by atoms with Crippen molar-refractivity contribution in [2.75, 3.05) is 12.5 Å². The van der Waals surface area contributed by atoms with Gasteiger partial charge in [0.25, 0.3) is 0 Å². The zero-order valence-electron chi connectivity index (χ0n) is 13.3. The van der Waals surface area contributed by atoms with Gasteiger partial charge in [-0.2, -0.15) is 5.10 Å². The van der Waals surface area contributed by atoms with Crippen LogP contribution in [0.5, 0.6) is 11.5 Å². The molecule has 0 radical (unpaired) electrons. The molecule has 0 aliphatic carbocycles. The lowest BCUT2D eigenvalue weighted by atomic mass is 10.2. The minimum atomic E-state index is 0.0778. The topological polar surface area (TPSA) is 96.9 Å². The van der Waals surface area contributed by atoms with Gasteiger partial charge in [-0.3, -0.25) is 9.83 Å². The number of nitrogens with one attached hydrogen (secondary N) is 1. The number of anilines is 1. The van der Waals surface area contributed by atoms with Crippen LogP contribution in [0.15, 0.2) is 53.9 Å². The van der Waals surface area contributed by atoms with Gasteiger partial charge in [0, 0.05) is 0 Å². The van der Waals surface area contributed by atoms with Gasteiger partial charge in [0.2, 0.25) is 5.65 Å². The van der Waals surface area contributed by atoms with Crippen molar-refractivity contribution in [3.8, 4) is 11.5 Å². The molecule has 0 aliphatic rings. The molecular formula is C17H14N6O2. The number of ether oxygens (including phenoxy) is 1. The highest BCUT2D eigenvalue weighted by atomic mass is 16.5. The maximum atomic E-state index is 9.62. The highest BCUT2D eigenvalue weighted by Gasteiger charge is 2.09. The van der Waals surface area contributed by atoms with Crippen LogP contribution in [-0.2, 0) is 0 Å². The number of phenols is 1. The van der Waals surface area contributed by atoms with E-state index in [1.165, 1.54) is 7.11 Å². The van der Waals surface area contributed by atoms with E-state index in [0.29, 0.717) is 17.2 Å². The Bertz CT molecular complexity index is 1090. The first-order chi connectivity index (χ1) is 12.3. The smallest absolute Gasteiger partial charge is 0.205 e. The molecule has 2 N–H and O–H groups in total. The van der Waals surface area contributed by atoms with E-state index in [2.05, 4.69) is 25.7 Å². The fourth-order valence-corrected chi connectivity index (χ4v) is 2.52. The number of hydrogen-bond acceptors (Lipinski definition) is 7. The van der Waals surface area contributed by atoms with E-state index in [1.807, 2.05) is 28.7 Å². The minimum Gasteiger partial charge on any atom is -0.504 e. The lowest BCUT2D eigenvalue weighted by molar-refractivity contribution is 0.373. The van der Waals surface area contributed by atoms with Gasteiger partial charge in [-0.15, -0.1) is 10.2 Å². The number of fused-ring (bicyclic) bond motifs is 3. The van der Waals surface area contributed by atoms with Crippen LogP contribution in [0.3, 0.4) is 0 Å². The van der Waals surface area contributed by atoms with Crippen molar-refractivity contribution in [1.29, 1.82) is 0 Å². The molecule has 25 heavy (non-hydrogen) atoms. The van der Waals surface area contributed by atoms with E-state index in [9.17, 15) is 5.11 Å². The Balaban J connectivity index is 1.67. The summed E-state index contributed by atoms with van der Waals surface area (Å²) in [5, 5.41) is 21.9. The second kappa shape index (κ2) is 6.08. The highest BCUT2D eigenvalue weighted by molar-refractivity contribution is 5.84. The summed E-state index contributed by atoms with van der Waals surface area (Å²) in [6, 6.07) is 12.7. The standard InChI is InChI=1S/C17H14N6O2/c1-25-15-8-11(6-7-14(15)24)9-18-21-16-17-22-19-10-23(17)13-5-3-2-4-12(13)20-16/h2-10,24H,1H3,(H,20,21)/b18-9+. The predicted octanol–water partition coefficient (Wildman–Crippen LogP) is 2.44. The first kappa shape index (κ1) is 14.9. The summed E-state index contributed by atoms with van der Waals surface area (Å²) in [7, 11) is 1.50. The average molecular weight is 334 g/mol. The number of rotatable bonds is 4. The van der Waals surface area contributed by atoms with Crippen LogP contribution in [0, 0.1) is 0 Å². The molecule has 0 unspecified atom stereocenters. The Kier molecular flexibility index (Phi) is 3.62. The summed E-state index contributed by atoms with van der Waals surface area (Å²) < 4.78 is 6.93. The maximum absolute atomic E-state index is 9.62. The number of para-hydroxylation sites is 2. The van der Waals surface area contributed by atoms with Crippen molar-refractivity contribution in [3.05, 3.63) is 54.4 Å². The van der Waals surface area contributed by atoms with Crippen LogP contribution in [-0.4, -0.2) is 38.0 Å². The molecular weight excluding hydrogens is 320 g/mol. The molecule has 0 saturated heterocycles. The van der Waals surface area contributed by atoms with Gasteiger partial charge in [-0.05, 0) is 35.9 Å². The molecule has 2 heterocycles. The van der Waals surface area contributed by atoms with Crippen LogP contribution < -0.4 is 10.2 Å². The summed E-state index contributed by atoms with van der Waals surface area (Å²) in [4.78, 5) is 4.54. The van der Waals surface area contributed by atoms with Gasteiger partial charge in [0.05, 0.1) is 24.4 Å². The number of aromatic hydroxyl groups is 1. The highest BCUT2D eigenvalue weighted by Crippen LogP contribution is 2.25. The molecule has 4 aromatic rings. The molecule has 0 spiro atoms. The number of hydrogen-bond donors (Lipinski definition) is 2. The second-order valence-corrected chi connectivity index (χ2v) is 5.27. The van der Waals surface area contributed by atoms with Crippen LogP contribution in [0.2, 0.25) is 0 Å². The Morgan fingerprint density at radius 1 is 1.24 bits per heavy atom. The summed E-state index contributed by atoms with van der Waals surface area (Å²) in [5.41, 5.74) is 5.97. The Morgan fingerprint density at radius 2 is 2.12 bits per heavy atom.